The molecule has 2 aromatic heterocycles. The molecule has 0 spiro atoms. The summed E-state index contributed by atoms with van der Waals surface area (Å²) in [7, 11) is 0. The van der Waals surface area contributed by atoms with E-state index in [0.29, 0.717) is 5.65 Å². The molecule has 6 nitrogen and oxygen atoms in total. The summed E-state index contributed by atoms with van der Waals surface area (Å²) in [5, 5.41) is 3.31. The third-order valence-corrected chi connectivity index (χ3v) is 2.67. The molecule has 3 rings (SSSR count). The van der Waals surface area contributed by atoms with Crippen LogP contribution < -0.4 is 10.2 Å². The minimum Gasteiger partial charge on any atom is -0.352 e. The monoisotopic (exact) mass is 216 g/mol. The van der Waals surface area contributed by atoms with Gasteiger partial charge in [0.25, 0.3) is 0 Å². The largest absolute Gasteiger partial charge is 0.352 e. The SMILES string of the molecule is c1cnc2c(N3CCNCC3)ncnc2n1. The lowest BCUT2D eigenvalue weighted by Gasteiger charge is -2.28. The van der Waals surface area contributed by atoms with E-state index in [0.717, 1.165) is 37.5 Å². The Hall–Kier alpha value is -1.82. The highest BCUT2D eigenvalue weighted by atomic mass is 15.2. The second kappa shape index (κ2) is 3.97. The van der Waals surface area contributed by atoms with Crippen LogP contribution in [0.1, 0.15) is 0 Å². The van der Waals surface area contributed by atoms with Gasteiger partial charge in [0.05, 0.1) is 0 Å². The summed E-state index contributed by atoms with van der Waals surface area (Å²) in [6, 6.07) is 0. The van der Waals surface area contributed by atoms with E-state index in [2.05, 4.69) is 30.2 Å². The molecule has 1 fully saturated rings. The number of piperazine rings is 1. The molecule has 0 bridgehead atoms. The maximum atomic E-state index is 4.32. The minimum absolute atomic E-state index is 0.658. The molecule has 6 heteroatoms. The molecule has 3 heterocycles. The molecular formula is C10H12N6. The first-order valence-corrected chi connectivity index (χ1v) is 5.32. The third kappa shape index (κ3) is 1.57. The molecule has 2 aromatic rings. The minimum atomic E-state index is 0.658. The first-order valence-electron chi connectivity index (χ1n) is 5.32. The number of nitrogens with zero attached hydrogens (tertiary/aromatic N) is 5. The molecule has 16 heavy (non-hydrogen) atoms. The predicted octanol–water partition coefficient (Wildman–Crippen LogP) is -0.171. The second-order valence-corrected chi connectivity index (χ2v) is 3.66. The Balaban J connectivity index is 2.08. The number of anilines is 1. The summed E-state index contributed by atoms with van der Waals surface area (Å²) in [5.41, 5.74) is 1.44. The fraction of sp³-hybridized carbons (Fsp3) is 0.400. The van der Waals surface area contributed by atoms with Crippen LogP contribution in [0.5, 0.6) is 0 Å². The van der Waals surface area contributed by atoms with Crippen molar-refractivity contribution in [3.8, 4) is 0 Å². The number of fused-ring (bicyclic) bond motifs is 1. The van der Waals surface area contributed by atoms with Gasteiger partial charge in [0, 0.05) is 38.6 Å². The van der Waals surface area contributed by atoms with Crippen molar-refractivity contribution in [3.05, 3.63) is 18.7 Å². The van der Waals surface area contributed by atoms with E-state index >= 15 is 0 Å². The number of nitrogens with one attached hydrogen (secondary N) is 1. The summed E-state index contributed by atoms with van der Waals surface area (Å²) in [5.74, 6) is 0.889. The van der Waals surface area contributed by atoms with Gasteiger partial charge in [-0.05, 0) is 0 Å². The van der Waals surface area contributed by atoms with Crippen molar-refractivity contribution < 1.29 is 0 Å². The van der Waals surface area contributed by atoms with Crippen LogP contribution >= 0.6 is 0 Å². The van der Waals surface area contributed by atoms with Crippen molar-refractivity contribution in [1.29, 1.82) is 0 Å². The third-order valence-electron chi connectivity index (χ3n) is 2.67. The Kier molecular flexibility index (Phi) is 2.34. The Morgan fingerprint density at radius 1 is 1.00 bits per heavy atom. The topological polar surface area (TPSA) is 66.8 Å². The molecule has 1 saturated heterocycles. The standard InChI is InChI=1S/C10H12N6/c1-2-13-9-8(12-1)10(15-7-14-9)16-5-3-11-4-6-16/h1-2,7,11H,3-6H2. The lowest BCUT2D eigenvalue weighted by Crippen LogP contribution is -2.44. The van der Waals surface area contributed by atoms with Crippen LogP contribution in [0, 0.1) is 0 Å². The first-order chi connectivity index (χ1) is 7.95. The lowest BCUT2D eigenvalue weighted by atomic mass is 10.3. The van der Waals surface area contributed by atoms with E-state index in [1.165, 1.54) is 0 Å². The molecular weight excluding hydrogens is 204 g/mol. The van der Waals surface area contributed by atoms with E-state index in [4.69, 9.17) is 0 Å². The summed E-state index contributed by atoms with van der Waals surface area (Å²) in [6.07, 6.45) is 4.88. The molecule has 0 aliphatic carbocycles. The Morgan fingerprint density at radius 3 is 2.69 bits per heavy atom. The van der Waals surface area contributed by atoms with E-state index in [-0.39, 0.29) is 0 Å². The van der Waals surface area contributed by atoms with Crippen molar-refractivity contribution in [2.24, 2.45) is 0 Å². The van der Waals surface area contributed by atoms with Crippen LogP contribution in [0.15, 0.2) is 18.7 Å². The molecule has 0 saturated carbocycles. The Bertz CT molecular complexity index is 488. The van der Waals surface area contributed by atoms with Crippen LogP contribution in [0.25, 0.3) is 11.2 Å². The van der Waals surface area contributed by atoms with Gasteiger partial charge in [-0.2, -0.15) is 0 Å². The van der Waals surface area contributed by atoms with Crippen molar-refractivity contribution in [2.75, 3.05) is 31.1 Å². The van der Waals surface area contributed by atoms with Gasteiger partial charge in [0.15, 0.2) is 17.0 Å². The van der Waals surface area contributed by atoms with Gasteiger partial charge in [0.2, 0.25) is 0 Å². The summed E-state index contributed by atoms with van der Waals surface area (Å²) < 4.78 is 0. The lowest BCUT2D eigenvalue weighted by molar-refractivity contribution is 0.585. The van der Waals surface area contributed by atoms with E-state index in [1.807, 2.05) is 0 Å². The predicted molar refractivity (Wildman–Crippen MR) is 60.2 cm³/mol. The maximum Gasteiger partial charge on any atom is 0.183 e. The average molecular weight is 216 g/mol. The summed E-state index contributed by atoms with van der Waals surface area (Å²) >= 11 is 0. The summed E-state index contributed by atoms with van der Waals surface area (Å²) in [6.45, 7) is 3.85. The van der Waals surface area contributed by atoms with Crippen molar-refractivity contribution >= 4 is 17.0 Å². The van der Waals surface area contributed by atoms with Crippen LogP contribution in [-0.4, -0.2) is 46.1 Å². The van der Waals surface area contributed by atoms with Crippen LogP contribution in [0.3, 0.4) is 0 Å². The molecule has 0 amide bonds. The molecule has 0 atom stereocenters. The highest BCUT2D eigenvalue weighted by Crippen LogP contribution is 2.18. The molecule has 1 aliphatic rings. The maximum absolute atomic E-state index is 4.32. The van der Waals surface area contributed by atoms with E-state index in [9.17, 15) is 0 Å². The fourth-order valence-corrected chi connectivity index (χ4v) is 1.89. The number of aromatic nitrogens is 4. The second-order valence-electron chi connectivity index (χ2n) is 3.66. The van der Waals surface area contributed by atoms with E-state index < -0.39 is 0 Å². The number of hydrogen-bond donors (Lipinski definition) is 1. The Labute approximate surface area is 92.8 Å². The zero-order valence-corrected chi connectivity index (χ0v) is 8.80. The highest BCUT2D eigenvalue weighted by Gasteiger charge is 2.15. The zero-order valence-electron chi connectivity index (χ0n) is 8.80. The van der Waals surface area contributed by atoms with Gasteiger partial charge in [-0.25, -0.2) is 19.9 Å². The van der Waals surface area contributed by atoms with Crippen LogP contribution in [-0.2, 0) is 0 Å². The van der Waals surface area contributed by atoms with Crippen molar-refractivity contribution in [2.45, 2.75) is 0 Å². The van der Waals surface area contributed by atoms with E-state index in [1.54, 1.807) is 18.7 Å². The molecule has 1 N–H and O–H groups in total. The highest BCUT2D eigenvalue weighted by molar-refractivity contribution is 5.82. The summed E-state index contributed by atoms with van der Waals surface area (Å²) in [4.78, 5) is 19.1. The van der Waals surface area contributed by atoms with Gasteiger partial charge >= 0.3 is 0 Å². The van der Waals surface area contributed by atoms with Crippen LogP contribution in [0.2, 0.25) is 0 Å². The number of hydrogen-bond acceptors (Lipinski definition) is 6. The fourth-order valence-electron chi connectivity index (χ4n) is 1.89. The quantitative estimate of drug-likeness (QED) is 0.714. The number of rotatable bonds is 1. The average Bonchev–Trinajstić information content (AvgIpc) is 2.39. The van der Waals surface area contributed by atoms with Gasteiger partial charge in [-0.3, -0.25) is 0 Å². The molecule has 82 valence electrons. The zero-order chi connectivity index (χ0) is 10.8. The molecule has 0 unspecified atom stereocenters. The first kappa shape index (κ1) is 9.41. The van der Waals surface area contributed by atoms with Crippen molar-refractivity contribution in [1.82, 2.24) is 25.3 Å². The van der Waals surface area contributed by atoms with Gasteiger partial charge in [0.1, 0.15) is 6.33 Å². The van der Waals surface area contributed by atoms with Crippen molar-refractivity contribution in [3.63, 3.8) is 0 Å². The van der Waals surface area contributed by atoms with Gasteiger partial charge < -0.3 is 10.2 Å². The van der Waals surface area contributed by atoms with Crippen LogP contribution in [0.4, 0.5) is 5.82 Å². The van der Waals surface area contributed by atoms with Gasteiger partial charge in [-0.15, -0.1) is 0 Å². The molecule has 0 radical (unpaired) electrons. The normalized spacial score (nSPS) is 16.6. The Morgan fingerprint density at radius 2 is 1.81 bits per heavy atom. The van der Waals surface area contributed by atoms with Gasteiger partial charge in [-0.1, -0.05) is 0 Å². The molecule has 0 aromatic carbocycles. The smallest absolute Gasteiger partial charge is 0.183 e. The molecule has 1 aliphatic heterocycles.